The zero-order valence-electron chi connectivity index (χ0n) is 14.5. The second-order valence-electron chi connectivity index (χ2n) is 6.31. The van der Waals surface area contributed by atoms with Gasteiger partial charge in [0.05, 0.1) is 29.3 Å². The molecule has 0 amide bonds. The minimum atomic E-state index is 0.602. The maximum atomic E-state index is 6.53. The van der Waals surface area contributed by atoms with E-state index in [1.165, 1.54) is 5.56 Å². The second kappa shape index (κ2) is 7.43. The Morgan fingerprint density at radius 3 is 2.33 bits per heavy atom. The number of halogens is 3. The van der Waals surface area contributed by atoms with Gasteiger partial charge in [0.1, 0.15) is 0 Å². The average Bonchev–Trinajstić information content (AvgIpc) is 3.26. The van der Waals surface area contributed by atoms with Crippen molar-refractivity contribution >= 4 is 34.8 Å². The minimum absolute atomic E-state index is 0.602. The predicted molar refractivity (Wildman–Crippen MR) is 112 cm³/mol. The van der Waals surface area contributed by atoms with Gasteiger partial charge in [0.2, 0.25) is 0 Å². The first-order valence-electron chi connectivity index (χ1n) is 8.41. The molecule has 6 heteroatoms. The summed E-state index contributed by atoms with van der Waals surface area (Å²) in [7, 11) is 0. The number of hydrogen-bond donors (Lipinski definition) is 0. The highest BCUT2D eigenvalue weighted by molar-refractivity contribution is 6.35. The Hall–Kier alpha value is -2.20. The maximum absolute atomic E-state index is 6.53. The lowest BCUT2D eigenvalue weighted by molar-refractivity contribution is 0.788. The molecule has 0 N–H and O–H groups in total. The van der Waals surface area contributed by atoms with Crippen molar-refractivity contribution in [2.24, 2.45) is 0 Å². The highest BCUT2D eigenvalue weighted by Gasteiger charge is 2.17. The van der Waals surface area contributed by atoms with E-state index in [4.69, 9.17) is 34.8 Å². The highest BCUT2D eigenvalue weighted by Crippen LogP contribution is 2.34. The van der Waals surface area contributed by atoms with Gasteiger partial charge >= 0.3 is 0 Å². The molecule has 0 aliphatic carbocycles. The molecule has 0 unspecified atom stereocenters. The summed E-state index contributed by atoms with van der Waals surface area (Å²) in [6.45, 7) is 2.82. The van der Waals surface area contributed by atoms with E-state index in [2.05, 4.69) is 22.5 Å². The van der Waals surface area contributed by atoms with E-state index in [0.717, 1.165) is 29.2 Å². The lowest BCUT2D eigenvalue weighted by Crippen LogP contribution is -2.02. The van der Waals surface area contributed by atoms with Crippen molar-refractivity contribution < 1.29 is 0 Å². The van der Waals surface area contributed by atoms with Crippen LogP contribution in [-0.4, -0.2) is 14.1 Å². The van der Waals surface area contributed by atoms with Crippen molar-refractivity contribution in [3.63, 3.8) is 0 Å². The topological polar surface area (TPSA) is 22.8 Å². The fourth-order valence-electron chi connectivity index (χ4n) is 3.20. The van der Waals surface area contributed by atoms with E-state index in [1.807, 2.05) is 53.5 Å². The fourth-order valence-corrected chi connectivity index (χ4v) is 3.82. The van der Waals surface area contributed by atoms with Crippen molar-refractivity contribution in [1.82, 2.24) is 14.1 Å². The van der Waals surface area contributed by atoms with E-state index in [-0.39, 0.29) is 0 Å². The van der Waals surface area contributed by atoms with Crippen molar-refractivity contribution in [3.8, 4) is 16.9 Å². The third-order valence-corrected chi connectivity index (χ3v) is 5.34. The minimum Gasteiger partial charge on any atom is -0.333 e. The smallest absolute Gasteiger partial charge is 0.0949 e. The Balaban J connectivity index is 1.91. The van der Waals surface area contributed by atoms with Gasteiger partial charge in [-0.25, -0.2) is 4.98 Å². The van der Waals surface area contributed by atoms with Crippen molar-refractivity contribution in [3.05, 3.63) is 93.6 Å². The Bertz CT molecular complexity index is 1080. The predicted octanol–water partition coefficient (Wildman–Crippen LogP) is 6.66. The average molecular weight is 417 g/mol. The first-order chi connectivity index (χ1) is 13.0. The Morgan fingerprint density at radius 2 is 1.67 bits per heavy atom. The number of benzene rings is 2. The van der Waals surface area contributed by atoms with Crippen LogP contribution in [0.4, 0.5) is 0 Å². The molecule has 0 aliphatic rings. The van der Waals surface area contributed by atoms with Crippen molar-refractivity contribution in [1.29, 1.82) is 0 Å². The second-order valence-corrected chi connectivity index (χ2v) is 7.59. The van der Waals surface area contributed by atoms with Gasteiger partial charge in [-0.05, 0) is 54.4 Å². The van der Waals surface area contributed by atoms with Gasteiger partial charge < -0.3 is 9.13 Å². The first kappa shape index (κ1) is 18.2. The van der Waals surface area contributed by atoms with Crippen LogP contribution in [0.15, 0.2) is 67.3 Å². The summed E-state index contributed by atoms with van der Waals surface area (Å²) < 4.78 is 4.20. The molecule has 2 aromatic carbocycles. The molecule has 0 saturated carbocycles. The summed E-state index contributed by atoms with van der Waals surface area (Å²) in [5, 5.41) is 1.92. The van der Waals surface area contributed by atoms with Crippen LogP contribution < -0.4 is 0 Å². The van der Waals surface area contributed by atoms with Gasteiger partial charge in [0.15, 0.2) is 0 Å². The zero-order chi connectivity index (χ0) is 19.0. The van der Waals surface area contributed by atoms with Gasteiger partial charge in [-0.15, -0.1) is 0 Å². The molecule has 2 aromatic heterocycles. The van der Waals surface area contributed by atoms with Crippen LogP contribution >= 0.6 is 34.8 Å². The normalized spacial score (nSPS) is 11.1. The number of imidazole rings is 1. The van der Waals surface area contributed by atoms with Crippen molar-refractivity contribution in [2.45, 2.75) is 13.5 Å². The third-order valence-electron chi connectivity index (χ3n) is 4.55. The van der Waals surface area contributed by atoms with Crippen LogP contribution in [0.25, 0.3) is 16.9 Å². The summed E-state index contributed by atoms with van der Waals surface area (Å²) in [6.07, 6.45) is 5.55. The monoisotopic (exact) mass is 415 g/mol. The lowest BCUT2D eigenvalue weighted by Gasteiger charge is -2.14. The Kier molecular flexibility index (Phi) is 5.00. The van der Waals surface area contributed by atoms with Gasteiger partial charge in [0.25, 0.3) is 0 Å². The van der Waals surface area contributed by atoms with E-state index < -0.39 is 0 Å². The molecule has 0 saturated heterocycles. The molecule has 0 spiro atoms. The van der Waals surface area contributed by atoms with E-state index in [0.29, 0.717) is 15.1 Å². The largest absolute Gasteiger partial charge is 0.333 e. The van der Waals surface area contributed by atoms with Gasteiger partial charge in [0, 0.05) is 28.1 Å². The van der Waals surface area contributed by atoms with Gasteiger partial charge in [-0.3, -0.25) is 0 Å². The van der Waals surface area contributed by atoms with Crippen molar-refractivity contribution in [2.75, 3.05) is 0 Å². The standard InChI is InChI=1S/C21H16Cl3N3/c1-14-16(12-26-9-8-25-13-26)10-21(15-2-4-17(22)5-3-15)27(14)20-7-6-18(23)11-19(20)24/h2-11,13H,12H2,1H3. The maximum Gasteiger partial charge on any atom is 0.0949 e. The first-order valence-corrected chi connectivity index (χ1v) is 9.54. The third kappa shape index (κ3) is 3.63. The van der Waals surface area contributed by atoms with Gasteiger partial charge in [-0.1, -0.05) is 46.9 Å². The molecule has 0 radical (unpaired) electrons. The molecule has 4 rings (SSSR count). The number of rotatable bonds is 4. The molecule has 27 heavy (non-hydrogen) atoms. The molecule has 0 aliphatic heterocycles. The van der Waals surface area contributed by atoms with E-state index in [1.54, 1.807) is 12.3 Å². The zero-order valence-corrected chi connectivity index (χ0v) is 16.8. The summed E-state index contributed by atoms with van der Waals surface area (Å²) in [5.41, 5.74) is 5.29. The van der Waals surface area contributed by atoms with Crippen LogP contribution in [-0.2, 0) is 6.54 Å². The summed E-state index contributed by atoms with van der Waals surface area (Å²) >= 11 is 18.7. The molecule has 0 fully saturated rings. The number of aromatic nitrogens is 3. The summed E-state index contributed by atoms with van der Waals surface area (Å²) in [6, 6.07) is 15.5. The SMILES string of the molecule is Cc1c(Cn2ccnc2)cc(-c2ccc(Cl)cc2)n1-c1ccc(Cl)cc1Cl. The quantitative estimate of drug-likeness (QED) is 0.365. The molecule has 136 valence electrons. The summed E-state index contributed by atoms with van der Waals surface area (Å²) in [4.78, 5) is 4.13. The molecule has 0 atom stereocenters. The van der Waals surface area contributed by atoms with E-state index >= 15 is 0 Å². The number of nitrogens with zero attached hydrogens (tertiary/aromatic N) is 3. The molecule has 0 bridgehead atoms. The van der Waals surface area contributed by atoms with Crippen LogP contribution in [0.2, 0.25) is 15.1 Å². The molecule has 3 nitrogen and oxygen atoms in total. The molecule has 2 heterocycles. The van der Waals surface area contributed by atoms with Crippen LogP contribution in [0, 0.1) is 6.92 Å². The molecule has 4 aromatic rings. The van der Waals surface area contributed by atoms with Crippen LogP contribution in [0.3, 0.4) is 0 Å². The fraction of sp³-hybridized carbons (Fsp3) is 0.0952. The highest BCUT2D eigenvalue weighted by atomic mass is 35.5. The molecular formula is C21H16Cl3N3. The lowest BCUT2D eigenvalue weighted by atomic mass is 10.1. The summed E-state index contributed by atoms with van der Waals surface area (Å²) in [5.74, 6) is 0. The van der Waals surface area contributed by atoms with Gasteiger partial charge in [-0.2, -0.15) is 0 Å². The van der Waals surface area contributed by atoms with Crippen LogP contribution in [0.5, 0.6) is 0 Å². The Labute approximate surface area is 172 Å². The van der Waals surface area contributed by atoms with E-state index in [9.17, 15) is 0 Å². The number of hydrogen-bond acceptors (Lipinski definition) is 1. The molecular weight excluding hydrogens is 401 g/mol. The Morgan fingerprint density at radius 1 is 0.926 bits per heavy atom. The van der Waals surface area contributed by atoms with Crippen LogP contribution in [0.1, 0.15) is 11.3 Å².